The van der Waals surface area contributed by atoms with Gasteiger partial charge < -0.3 is 18.8 Å². The van der Waals surface area contributed by atoms with Gasteiger partial charge in [-0.3, -0.25) is 0 Å². The summed E-state index contributed by atoms with van der Waals surface area (Å²) in [4.78, 5) is 14.8. The molecule has 2 aliphatic rings. The molecule has 0 radical (unpaired) electrons. The highest BCUT2D eigenvalue weighted by atomic mass is 16.5. The molecule has 0 bridgehead atoms. The zero-order chi connectivity index (χ0) is 23.1. The molecule has 6 rings (SSSR count). The summed E-state index contributed by atoms with van der Waals surface area (Å²) in [6.45, 7) is 3.73. The molecule has 34 heavy (non-hydrogen) atoms. The maximum Gasteiger partial charge on any atom is 0.339 e. The number of benzene rings is 3. The lowest BCUT2D eigenvalue weighted by molar-refractivity contribution is 0.287. The second-order valence-corrected chi connectivity index (χ2v) is 9.16. The number of nitrogens with zero attached hydrogens (tertiary/aromatic N) is 1. The van der Waals surface area contributed by atoms with Crippen molar-refractivity contribution in [2.75, 3.05) is 11.6 Å². The number of hydrogen-bond acceptors (Lipinski definition) is 5. The zero-order valence-electron chi connectivity index (χ0n) is 19.3. The minimum absolute atomic E-state index is 0.183. The van der Waals surface area contributed by atoms with Gasteiger partial charge in [-0.05, 0) is 74.1 Å². The van der Waals surface area contributed by atoms with E-state index >= 15 is 0 Å². The van der Waals surface area contributed by atoms with Crippen molar-refractivity contribution in [2.24, 2.45) is 0 Å². The van der Waals surface area contributed by atoms with Crippen LogP contribution in [0.3, 0.4) is 0 Å². The number of anilines is 1. The minimum Gasteiger partial charge on any atom is -0.489 e. The Kier molecular flexibility index (Phi) is 5.25. The molecule has 5 nitrogen and oxygen atoms in total. The molecule has 5 heteroatoms. The number of aryl methyl sites for hydroxylation is 2. The maximum absolute atomic E-state index is 12.6. The third-order valence-electron chi connectivity index (χ3n) is 6.95. The SMILES string of the molecule is Cc1c2c(cc3c4c(c(=O)oc13)CCCC4)CN(c1ccc(OCc3ccccc3)cc1)CO2. The van der Waals surface area contributed by atoms with Crippen molar-refractivity contribution in [3.63, 3.8) is 0 Å². The van der Waals surface area contributed by atoms with E-state index in [1.165, 1.54) is 5.56 Å². The van der Waals surface area contributed by atoms with Gasteiger partial charge in [0, 0.05) is 34.3 Å². The van der Waals surface area contributed by atoms with E-state index in [9.17, 15) is 4.79 Å². The Balaban J connectivity index is 1.26. The van der Waals surface area contributed by atoms with E-state index in [1.807, 2.05) is 37.3 Å². The smallest absolute Gasteiger partial charge is 0.339 e. The number of hydrogen-bond donors (Lipinski definition) is 0. The van der Waals surface area contributed by atoms with Gasteiger partial charge in [0.05, 0.1) is 0 Å². The van der Waals surface area contributed by atoms with Gasteiger partial charge >= 0.3 is 5.63 Å². The lowest BCUT2D eigenvalue weighted by Gasteiger charge is -2.32. The molecule has 0 saturated heterocycles. The molecule has 1 aliphatic carbocycles. The van der Waals surface area contributed by atoms with E-state index in [0.29, 0.717) is 18.9 Å². The second-order valence-electron chi connectivity index (χ2n) is 9.16. The number of rotatable bonds is 4. The summed E-state index contributed by atoms with van der Waals surface area (Å²) in [6, 6.07) is 20.5. The average Bonchev–Trinajstić information content (AvgIpc) is 2.89. The molecule has 0 unspecified atom stereocenters. The Morgan fingerprint density at radius 3 is 2.53 bits per heavy atom. The Hall–Kier alpha value is -3.73. The quantitative estimate of drug-likeness (QED) is 0.359. The molecule has 172 valence electrons. The van der Waals surface area contributed by atoms with Gasteiger partial charge in [0.25, 0.3) is 0 Å². The fraction of sp³-hybridized carbons (Fsp3) is 0.276. The highest BCUT2D eigenvalue weighted by Crippen LogP contribution is 2.38. The van der Waals surface area contributed by atoms with E-state index in [2.05, 4.69) is 35.2 Å². The first-order valence-corrected chi connectivity index (χ1v) is 11.9. The summed E-state index contributed by atoms with van der Waals surface area (Å²) >= 11 is 0. The van der Waals surface area contributed by atoms with Gasteiger partial charge in [0.15, 0.2) is 6.73 Å². The standard InChI is InChI=1S/C29H27NO4/c1-19-27-21(15-26-24-9-5-6-10-25(24)29(31)34-28(19)26)16-30(18-33-27)22-11-13-23(14-12-22)32-17-20-7-3-2-4-8-20/h2-4,7-8,11-15H,5-6,9-10,16-18H2,1H3. The summed E-state index contributed by atoms with van der Waals surface area (Å²) in [5, 5.41) is 1.07. The van der Waals surface area contributed by atoms with Crippen LogP contribution in [0, 0.1) is 6.92 Å². The fourth-order valence-corrected chi connectivity index (χ4v) is 5.16. The van der Waals surface area contributed by atoms with Gasteiger partial charge in [0.1, 0.15) is 23.7 Å². The van der Waals surface area contributed by atoms with Crippen molar-refractivity contribution in [1.82, 2.24) is 0 Å². The van der Waals surface area contributed by atoms with Crippen LogP contribution in [-0.2, 0) is 26.0 Å². The molecule has 0 fully saturated rings. The summed E-state index contributed by atoms with van der Waals surface area (Å²) in [5.74, 6) is 1.68. The largest absolute Gasteiger partial charge is 0.489 e. The van der Waals surface area contributed by atoms with E-state index in [0.717, 1.165) is 77.1 Å². The first-order chi connectivity index (χ1) is 16.7. The monoisotopic (exact) mass is 453 g/mol. The van der Waals surface area contributed by atoms with Crippen molar-refractivity contribution in [3.8, 4) is 11.5 Å². The summed E-state index contributed by atoms with van der Waals surface area (Å²) < 4.78 is 17.9. The number of fused-ring (bicyclic) bond motifs is 4. The minimum atomic E-state index is -0.183. The first kappa shape index (κ1) is 20.8. The van der Waals surface area contributed by atoms with Gasteiger partial charge in [-0.25, -0.2) is 4.79 Å². The number of ether oxygens (including phenoxy) is 2. The van der Waals surface area contributed by atoms with Gasteiger partial charge in [-0.2, -0.15) is 0 Å². The van der Waals surface area contributed by atoms with Crippen molar-refractivity contribution in [3.05, 3.63) is 98.9 Å². The van der Waals surface area contributed by atoms with Crippen molar-refractivity contribution >= 4 is 16.7 Å². The van der Waals surface area contributed by atoms with Gasteiger partial charge in [-0.15, -0.1) is 0 Å². The summed E-state index contributed by atoms with van der Waals surface area (Å²) in [7, 11) is 0. The molecular weight excluding hydrogens is 426 g/mol. The predicted molar refractivity (Wildman–Crippen MR) is 133 cm³/mol. The molecule has 0 N–H and O–H groups in total. The molecule has 3 aromatic carbocycles. The summed E-state index contributed by atoms with van der Waals surface area (Å²) in [6.07, 6.45) is 3.91. The second kappa shape index (κ2) is 8.56. The van der Waals surface area contributed by atoms with Crippen LogP contribution in [0.15, 0.2) is 69.9 Å². The topological polar surface area (TPSA) is 51.9 Å². The lowest BCUT2D eigenvalue weighted by atomic mass is 9.89. The van der Waals surface area contributed by atoms with Crippen molar-refractivity contribution in [1.29, 1.82) is 0 Å². The third kappa shape index (κ3) is 3.71. The maximum atomic E-state index is 12.6. The van der Waals surface area contributed by atoms with Crippen LogP contribution >= 0.6 is 0 Å². The van der Waals surface area contributed by atoms with Crippen LogP contribution in [0.5, 0.6) is 11.5 Å². The molecular formula is C29H27NO4. The van der Waals surface area contributed by atoms with Crippen LogP contribution in [0.2, 0.25) is 0 Å². The van der Waals surface area contributed by atoms with E-state index < -0.39 is 0 Å². The molecule has 0 atom stereocenters. The van der Waals surface area contributed by atoms with E-state index in [1.54, 1.807) is 0 Å². The molecule has 0 saturated carbocycles. The lowest BCUT2D eigenvalue weighted by Crippen LogP contribution is -2.32. The fourth-order valence-electron chi connectivity index (χ4n) is 5.16. The van der Waals surface area contributed by atoms with Gasteiger partial charge in [0.2, 0.25) is 0 Å². The van der Waals surface area contributed by atoms with Crippen LogP contribution in [-0.4, -0.2) is 6.73 Å². The van der Waals surface area contributed by atoms with Crippen molar-refractivity contribution < 1.29 is 13.9 Å². The Bertz CT molecular complexity index is 1410. The molecule has 2 heterocycles. The first-order valence-electron chi connectivity index (χ1n) is 11.9. The molecule has 0 spiro atoms. The predicted octanol–water partition coefficient (Wildman–Crippen LogP) is 5.92. The Morgan fingerprint density at radius 1 is 0.971 bits per heavy atom. The average molecular weight is 454 g/mol. The van der Waals surface area contributed by atoms with Gasteiger partial charge in [-0.1, -0.05) is 30.3 Å². The molecule has 1 aliphatic heterocycles. The normalized spacial score (nSPS) is 14.9. The van der Waals surface area contributed by atoms with Crippen LogP contribution < -0.4 is 20.0 Å². The molecule has 1 aromatic heterocycles. The Labute approximate surface area is 198 Å². The Morgan fingerprint density at radius 2 is 1.74 bits per heavy atom. The van der Waals surface area contributed by atoms with E-state index in [-0.39, 0.29) is 5.63 Å². The summed E-state index contributed by atoms with van der Waals surface area (Å²) in [5.41, 5.74) is 6.79. The molecule has 0 amide bonds. The van der Waals surface area contributed by atoms with Crippen LogP contribution in [0.25, 0.3) is 11.0 Å². The molecule has 4 aromatic rings. The third-order valence-corrected chi connectivity index (χ3v) is 6.95. The highest BCUT2D eigenvalue weighted by molar-refractivity contribution is 5.87. The highest BCUT2D eigenvalue weighted by Gasteiger charge is 2.25. The zero-order valence-corrected chi connectivity index (χ0v) is 19.3. The van der Waals surface area contributed by atoms with E-state index in [4.69, 9.17) is 13.9 Å². The van der Waals surface area contributed by atoms with Crippen LogP contribution in [0.4, 0.5) is 5.69 Å². The van der Waals surface area contributed by atoms with Crippen molar-refractivity contribution in [2.45, 2.75) is 45.8 Å². The van der Waals surface area contributed by atoms with Crippen LogP contribution in [0.1, 0.15) is 40.7 Å².